The van der Waals surface area contributed by atoms with Crippen LogP contribution < -0.4 is 20.5 Å². The van der Waals surface area contributed by atoms with Gasteiger partial charge in [0.25, 0.3) is 11.5 Å². The number of benzene rings is 2. The Balaban J connectivity index is 1.40. The van der Waals surface area contributed by atoms with E-state index in [-0.39, 0.29) is 30.4 Å². The Morgan fingerprint density at radius 1 is 0.897 bits per heavy atom. The van der Waals surface area contributed by atoms with Crippen LogP contribution in [0.5, 0.6) is 5.75 Å². The number of fused-ring (bicyclic) bond motifs is 4. The Labute approximate surface area is 226 Å². The molecule has 200 valence electrons. The molecule has 4 amide bonds. The van der Waals surface area contributed by atoms with Crippen LogP contribution in [0.4, 0.5) is 10.5 Å². The van der Waals surface area contributed by atoms with Gasteiger partial charge in [-0.3, -0.25) is 19.7 Å². The SMILES string of the molecule is COc1ccccc1CC1(CN2C[C@H]3C[C@@H](C2)c2cccc(=O)n2C3)C(=O)NC(=O)N(c2ccccc2)C1=O. The summed E-state index contributed by atoms with van der Waals surface area (Å²) in [5.41, 5.74) is 0.533. The fraction of sp³-hybridized carbons (Fsp3) is 0.333. The topological polar surface area (TPSA) is 101 Å². The normalized spacial score (nSPS) is 24.7. The first-order valence-electron chi connectivity index (χ1n) is 13.2. The van der Waals surface area contributed by atoms with Gasteiger partial charge in [-0.05, 0) is 42.2 Å². The lowest BCUT2D eigenvalue weighted by Gasteiger charge is -2.47. The van der Waals surface area contributed by atoms with Crippen molar-refractivity contribution in [3.63, 3.8) is 0 Å². The summed E-state index contributed by atoms with van der Waals surface area (Å²) in [5.74, 6) is -0.260. The van der Waals surface area contributed by atoms with E-state index in [1.54, 1.807) is 55.6 Å². The molecule has 2 bridgehead atoms. The van der Waals surface area contributed by atoms with Crippen LogP contribution >= 0.6 is 0 Å². The number of pyridine rings is 1. The maximum atomic E-state index is 14.4. The molecule has 2 aromatic carbocycles. The Bertz CT molecular complexity index is 1500. The van der Waals surface area contributed by atoms with Crippen molar-refractivity contribution in [3.8, 4) is 5.75 Å². The maximum Gasteiger partial charge on any atom is 0.335 e. The molecule has 3 aliphatic rings. The van der Waals surface area contributed by atoms with E-state index in [2.05, 4.69) is 10.2 Å². The number of ether oxygens (including phenoxy) is 1. The fourth-order valence-electron chi connectivity index (χ4n) is 6.52. The first-order chi connectivity index (χ1) is 18.9. The molecule has 9 nitrogen and oxygen atoms in total. The number of urea groups is 1. The highest BCUT2D eigenvalue weighted by atomic mass is 16.5. The minimum atomic E-state index is -1.57. The first-order valence-corrected chi connectivity index (χ1v) is 13.2. The van der Waals surface area contributed by atoms with E-state index in [1.165, 1.54) is 0 Å². The summed E-state index contributed by atoms with van der Waals surface area (Å²) in [4.78, 5) is 56.9. The number of imide groups is 2. The Morgan fingerprint density at radius 3 is 2.46 bits per heavy atom. The number of rotatable bonds is 6. The number of para-hydroxylation sites is 2. The number of hydrogen-bond donors (Lipinski definition) is 1. The quantitative estimate of drug-likeness (QED) is 0.496. The van der Waals surface area contributed by atoms with E-state index in [1.807, 2.05) is 28.8 Å². The second-order valence-electron chi connectivity index (χ2n) is 10.7. The lowest BCUT2D eigenvalue weighted by Crippen LogP contribution is -2.68. The number of aromatic nitrogens is 1. The molecule has 9 heteroatoms. The van der Waals surface area contributed by atoms with Gasteiger partial charge in [0.1, 0.15) is 11.2 Å². The van der Waals surface area contributed by atoms with E-state index < -0.39 is 23.3 Å². The van der Waals surface area contributed by atoms with E-state index >= 15 is 0 Å². The highest BCUT2D eigenvalue weighted by molar-refractivity contribution is 6.30. The smallest absolute Gasteiger partial charge is 0.335 e. The minimum Gasteiger partial charge on any atom is -0.496 e. The van der Waals surface area contributed by atoms with Crippen LogP contribution in [0.3, 0.4) is 0 Å². The predicted octanol–water partition coefficient (Wildman–Crippen LogP) is 2.79. The number of anilines is 1. The number of hydrogen-bond acceptors (Lipinski definition) is 6. The van der Waals surface area contributed by atoms with E-state index in [0.717, 1.165) is 17.0 Å². The molecule has 3 aliphatic heterocycles. The lowest BCUT2D eigenvalue weighted by molar-refractivity contribution is -0.144. The Hall–Kier alpha value is -4.24. The molecule has 0 spiro atoms. The standard InChI is InChI=1S/C30H30N4O5/c1-39-25-12-6-5-8-21(25)15-30(27(36)31-29(38)34(28(30)37)23-9-3-2-4-10-23)19-32-16-20-14-22(18-32)24-11-7-13-26(35)33(24)17-20/h2-13,20,22H,14-19H2,1H3,(H,31,36,38)/t20-,22+,30?/m1/s1. The zero-order chi connectivity index (χ0) is 27.1. The molecule has 0 aliphatic carbocycles. The molecule has 39 heavy (non-hydrogen) atoms. The van der Waals surface area contributed by atoms with Crippen molar-refractivity contribution in [2.75, 3.05) is 31.6 Å². The monoisotopic (exact) mass is 526 g/mol. The number of methoxy groups -OCH3 is 1. The molecule has 1 unspecified atom stereocenters. The summed E-state index contributed by atoms with van der Waals surface area (Å²) in [6, 6.07) is 20.6. The summed E-state index contributed by atoms with van der Waals surface area (Å²) in [5, 5.41) is 2.48. The number of barbiturate groups is 1. The second-order valence-corrected chi connectivity index (χ2v) is 10.7. The van der Waals surface area contributed by atoms with Gasteiger partial charge in [0.05, 0.1) is 12.8 Å². The average molecular weight is 527 g/mol. The zero-order valence-corrected chi connectivity index (χ0v) is 21.7. The molecule has 2 saturated heterocycles. The van der Waals surface area contributed by atoms with Crippen molar-refractivity contribution in [2.45, 2.75) is 25.3 Å². The summed E-state index contributed by atoms with van der Waals surface area (Å²) in [6.07, 6.45) is 1.02. The van der Waals surface area contributed by atoms with Gasteiger partial charge in [0, 0.05) is 50.3 Å². The van der Waals surface area contributed by atoms with E-state index in [9.17, 15) is 19.2 Å². The second kappa shape index (κ2) is 9.81. The Kier molecular flexibility index (Phi) is 6.31. The van der Waals surface area contributed by atoms with Crippen LogP contribution in [0.2, 0.25) is 0 Å². The van der Waals surface area contributed by atoms with Crippen molar-refractivity contribution in [2.24, 2.45) is 11.3 Å². The molecule has 3 atom stereocenters. The van der Waals surface area contributed by atoms with Crippen LogP contribution in [0.15, 0.2) is 77.6 Å². The summed E-state index contributed by atoms with van der Waals surface area (Å²) >= 11 is 0. The molecule has 3 aromatic rings. The van der Waals surface area contributed by atoms with Gasteiger partial charge >= 0.3 is 6.03 Å². The van der Waals surface area contributed by atoms with Crippen molar-refractivity contribution >= 4 is 23.5 Å². The van der Waals surface area contributed by atoms with Gasteiger partial charge < -0.3 is 14.2 Å². The third-order valence-corrected chi connectivity index (χ3v) is 8.22. The van der Waals surface area contributed by atoms with Gasteiger partial charge in [-0.1, -0.05) is 42.5 Å². The third kappa shape index (κ3) is 4.32. The zero-order valence-electron chi connectivity index (χ0n) is 21.7. The van der Waals surface area contributed by atoms with E-state index in [0.29, 0.717) is 36.6 Å². The summed E-state index contributed by atoms with van der Waals surface area (Å²) in [6.45, 7) is 1.99. The van der Waals surface area contributed by atoms with Crippen molar-refractivity contribution in [3.05, 3.63) is 94.4 Å². The van der Waals surface area contributed by atoms with Crippen molar-refractivity contribution in [1.29, 1.82) is 0 Å². The number of carbonyl (C=O) groups excluding carboxylic acids is 3. The number of piperidine rings is 1. The number of likely N-dealkylation sites (tertiary alicyclic amines) is 1. The summed E-state index contributed by atoms with van der Waals surface area (Å²) < 4.78 is 7.42. The van der Waals surface area contributed by atoms with Gasteiger partial charge in [0.2, 0.25) is 5.91 Å². The molecule has 6 rings (SSSR count). The lowest BCUT2D eigenvalue weighted by atomic mass is 9.75. The molecule has 2 fully saturated rings. The highest BCUT2D eigenvalue weighted by Crippen LogP contribution is 2.40. The van der Waals surface area contributed by atoms with Crippen LogP contribution in [0, 0.1) is 11.3 Å². The molecule has 4 heterocycles. The highest BCUT2D eigenvalue weighted by Gasteiger charge is 2.56. The first kappa shape index (κ1) is 25.1. The van der Waals surface area contributed by atoms with Crippen molar-refractivity contribution in [1.82, 2.24) is 14.8 Å². The predicted molar refractivity (Wildman–Crippen MR) is 145 cm³/mol. The average Bonchev–Trinajstić information content (AvgIpc) is 2.93. The van der Waals surface area contributed by atoms with Gasteiger partial charge in [-0.25, -0.2) is 9.69 Å². The van der Waals surface area contributed by atoms with E-state index in [4.69, 9.17) is 4.74 Å². The molecule has 0 radical (unpaired) electrons. The van der Waals surface area contributed by atoms with Gasteiger partial charge in [-0.2, -0.15) is 0 Å². The minimum absolute atomic E-state index is 0.00199. The number of nitrogens with one attached hydrogen (secondary N) is 1. The maximum absolute atomic E-state index is 14.4. The fourth-order valence-corrected chi connectivity index (χ4v) is 6.52. The van der Waals surface area contributed by atoms with Crippen molar-refractivity contribution < 1.29 is 19.1 Å². The third-order valence-electron chi connectivity index (χ3n) is 8.22. The molecule has 1 N–H and O–H groups in total. The van der Waals surface area contributed by atoms with Crippen LogP contribution in [-0.4, -0.2) is 54.1 Å². The van der Waals surface area contributed by atoms with Gasteiger partial charge in [0.15, 0.2) is 0 Å². The number of nitrogens with zero attached hydrogens (tertiary/aromatic N) is 3. The largest absolute Gasteiger partial charge is 0.496 e. The number of amides is 4. The molecular weight excluding hydrogens is 496 g/mol. The van der Waals surface area contributed by atoms with Crippen LogP contribution in [0.1, 0.15) is 23.6 Å². The van der Waals surface area contributed by atoms with Crippen LogP contribution in [-0.2, 0) is 22.6 Å². The summed E-state index contributed by atoms with van der Waals surface area (Å²) in [7, 11) is 1.55. The Morgan fingerprint density at radius 2 is 1.67 bits per heavy atom. The molecule has 0 saturated carbocycles. The van der Waals surface area contributed by atoms with Crippen LogP contribution in [0.25, 0.3) is 0 Å². The number of carbonyl (C=O) groups is 3. The molecule has 1 aromatic heterocycles. The van der Waals surface area contributed by atoms with Gasteiger partial charge in [-0.15, -0.1) is 0 Å². The molecular formula is C30H30N4O5.